The number of amides is 1. The van der Waals surface area contributed by atoms with Crippen LogP contribution in [-0.4, -0.2) is 34.9 Å². The van der Waals surface area contributed by atoms with E-state index in [1.165, 1.54) is 0 Å². The van der Waals surface area contributed by atoms with E-state index in [0.717, 1.165) is 28.1 Å². The normalized spacial score (nSPS) is 19.1. The highest BCUT2D eigenvalue weighted by Gasteiger charge is 2.31. The predicted octanol–water partition coefficient (Wildman–Crippen LogP) is 2.87. The Morgan fingerprint density at radius 3 is 2.73 bits per heavy atom. The van der Waals surface area contributed by atoms with Gasteiger partial charge in [0.15, 0.2) is 5.69 Å². The van der Waals surface area contributed by atoms with Gasteiger partial charge in [0.2, 0.25) is 0 Å². The van der Waals surface area contributed by atoms with Gasteiger partial charge in [0.25, 0.3) is 5.91 Å². The van der Waals surface area contributed by atoms with Gasteiger partial charge in [0, 0.05) is 19.0 Å². The Morgan fingerprint density at radius 2 is 2.04 bits per heavy atom. The number of nitrogens with zero attached hydrogens (tertiary/aromatic N) is 2. The minimum atomic E-state index is -0.159. The lowest BCUT2D eigenvalue weighted by atomic mass is 9.99. The second-order valence-corrected chi connectivity index (χ2v) is 6.95. The van der Waals surface area contributed by atoms with E-state index in [1.54, 1.807) is 4.68 Å². The molecule has 0 spiro atoms. The van der Waals surface area contributed by atoms with Gasteiger partial charge < -0.3 is 14.8 Å². The summed E-state index contributed by atoms with van der Waals surface area (Å²) in [4.78, 5) is 12.6. The van der Waals surface area contributed by atoms with Crippen LogP contribution in [0, 0.1) is 13.8 Å². The van der Waals surface area contributed by atoms with Crippen LogP contribution in [0.1, 0.15) is 52.8 Å². The molecule has 3 rings (SSSR count). The molecule has 0 saturated carbocycles. The van der Waals surface area contributed by atoms with Crippen molar-refractivity contribution in [2.45, 2.75) is 46.3 Å². The van der Waals surface area contributed by atoms with Crippen LogP contribution in [0.2, 0.25) is 0 Å². The lowest BCUT2D eigenvalue weighted by Gasteiger charge is -2.26. The first-order chi connectivity index (χ1) is 12.4. The van der Waals surface area contributed by atoms with Crippen molar-refractivity contribution in [1.29, 1.82) is 0 Å². The van der Waals surface area contributed by atoms with Crippen molar-refractivity contribution in [1.82, 2.24) is 15.1 Å². The third kappa shape index (κ3) is 3.60. The molecule has 1 aliphatic rings. The fourth-order valence-electron chi connectivity index (χ4n) is 3.65. The summed E-state index contributed by atoms with van der Waals surface area (Å²) in [5, 5.41) is 7.35. The van der Waals surface area contributed by atoms with E-state index in [2.05, 4.69) is 10.4 Å². The average Bonchev–Trinajstić information content (AvgIpc) is 2.90. The van der Waals surface area contributed by atoms with Crippen LogP contribution >= 0.6 is 0 Å². The number of fused-ring (bicyclic) bond motifs is 1. The predicted molar refractivity (Wildman–Crippen MR) is 99.6 cm³/mol. The molecule has 0 aliphatic carbocycles. The molecule has 1 aromatic carbocycles. The summed E-state index contributed by atoms with van der Waals surface area (Å²) < 4.78 is 13.4. The Labute approximate surface area is 154 Å². The largest absolute Gasteiger partial charge is 0.491 e. The Balaban J connectivity index is 1.62. The molecular formula is C20H27N3O3. The highest BCUT2D eigenvalue weighted by atomic mass is 16.5. The second-order valence-electron chi connectivity index (χ2n) is 6.95. The number of rotatable bonds is 5. The van der Waals surface area contributed by atoms with Gasteiger partial charge in [-0.05, 0) is 38.8 Å². The standard InChI is InChI=1S/C20H27N3O3/c1-12-7-6-8-13(2)19(12)25-10-9-21-20(24)17-16-11-14(3)26-15(4)18(16)23(5)22-17/h6-8,14-15H,9-11H2,1-5H3,(H,21,24)/t14-,15+/m1/s1. The van der Waals surface area contributed by atoms with Crippen molar-refractivity contribution in [2.24, 2.45) is 7.05 Å². The zero-order valence-corrected chi connectivity index (χ0v) is 16.1. The van der Waals surface area contributed by atoms with E-state index in [0.29, 0.717) is 25.3 Å². The van der Waals surface area contributed by atoms with Crippen LogP contribution < -0.4 is 10.1 Å². The summed E-state index contributed by atoms with van der Waals surface area (Å²) in [5.74, 6) is 0.727. The number of carbonyl (C=O) groups excluding carboxylic acids is 1. The van der Waals surface area contributed by atoms with Gasteiger partial charge in [0.1, 0.15) is 12.4 Å². The van der Waals surface area contributed by atoms with Gasteiger partial charge in [-0.25, -0.2) is 0 Å². The van der Waals surface area contributed by atoms with Crippen LogP contribution in [0.25, 0.3) is 0 Å². The third-order valence-electron chi connectivity index (χ3n) is 4.76. The Bertz CT molecular complexity index is 793. The molecule has 6 heteroatoms. The number of carbonyl (C=O) groups is 1. The molecule has 2 aromatic rings. The van der Waals surface area contributed by atoms with E-state index >= 15 is 0 Å². The monoisotopic (exact) mass is 357 g/mol. The first kappa shape index (κ1) is 18.5. The number of para-hydroxylation sites is 1. The maximum atomic E-state index is 12.6. The maximum absolute atomic E-state index is 12.6. The molecule has 0 unspecified atom stereocenters. The Hall–Kier alpha value is -2.34. The van der Waals surface area contributed by atoms with E-state index in [1.807, 2.05) is 52.9 Å². The van der Waals surface area contributed by atoms with Crippen LogP contribution in [0.4, 0.5) is 0 Å². The Morgan fingerprint density at radius 1 is 1.35 bits per heavy atom. The molecule has 26 heavy (non-hydrogen) atoms. The van der Waals surface area contributed by atoms with E-state index in [9.17, 15) is 4.79 Å². The number of nitrogens with one attached hydrogen (secondary N) is 1. The van der Waals surface area contributed by atoms with Crippen LogP contribution in [-0.2, 0) is 18.2 Å². The van der Waals surface area contributed by atoms with Gasteiger partial charge in [0.05, 0.1) is 24.4 Å². The summed E-state index contributed by atoms with van der Waals surface area (Å²) >= 11 is 0. The fraction of sp³-hybridized carbons (Fsp3) is 0.500. The number of ether oxygens (including phenoxy) is 2. The fourth-order valence-corrected chi connectivity index (χ4v) is 3.65. The number of hydrogen-bond acceptors (Lipinski definition) is 4. The maximum Gasteiger partial charge on any atom is 0.272 e. The number of aryl methyl sites for hydroxylation is 3. The first-order valence-corrected chi connectivity index (χ1v) is 9.07. The van der Waals surface area contributed by atoms with Crippen LogP contribution in [0.3, 0.4) is 0 Å². The van der Waals surface area contributed by atoms with Gasteiger partial charge in [-0.15, -0.1) is 0 Å². The van der Waals surface area contributed by atoms with Crippen molar-refractivity contribution >= 4 is 5.91 Å². The molecule has 6 nitrogen and oxygen atoms in total. The van der Waals surface area contributed by atoms with E-state index < -0.39 is 0 Å². The summed E-state index contributed by atoms with van der Waals surface area (Å²) in [6.07, 6.45) is 0.732. The Kier molecular flexibility index (Phi) is 5.32. The van der Waals surface area contributed by atoms with Crippen molar-refractivity contribution in [3.8, 4) is 5.75 Å². The van der Waals surface area contributed by atoms with Gasteiger partial charge in [-0.3, -0.25) is 9.48 Å². The zero-order chi connectivity index (χ0) is 18.8. The molecule has 0 saturated heterocycles. The smallest absolute Gasteiger partial charge is 0.272 e. The molecule has 0 bridgehead atoms. The number of aromatic nitrogens is 2. The summed E-state index contributed by atoms with van der Waals surface area (Å²) in [6, 6.07) is 6.05. The molecule has 140 valence electrons. The highest BCUT2D eigenvalue weighted by molar-refractivity contribution is 5.94. The van der Waals surface area contributed by atoms with Gasteiger partial charge >= 0.3 is 0 Å². The highest BCUT2D eigenvalue weighted by Crippen LogP contribution is 2.31. The summed E-state index contributed by atoms with van der Waals surface area (Å²) in [7, 11) is 1.86. The molecule has 2 heterocycles. The third-order valence-corrected chi connectivity index (χ3v) is 4.76. The van der Waals surface area contributed by atoms with E-state index in [4.69, 9.17) is 9.47 Å². The number of hydrogen-bond donors (Lipinski definition) is 1. The minimum Gasteiger partial charge on any atom is -0.491 e. The molecule has 1 amide bonds. The van der Waals surface area contributed by atoms with Crippen molar-refractivity contribution in [2.75, 3.05) is 13.2 Å². The van der Waals surface area contributed by atoms with Gasteiger partial charge in [-0.1, -0.05) is 18.2 Å². The lowest BCUT2D eigenvalue weighted by Crippen LogP contribution is -2.30. The van der Waals surface area contributed by atoms with Crippen molar-refractivity contribution in [3.63, 3.8) is 0 Å². The molecule has 1 aromatic heterocycles. The van der Waals surface area contributed by atoms with Crippen molar-refractivity contribution in [3.05, 3.63) is 46.3 Å². The molecule has 2 atom stereocenters. The average molecular weight is 357 g/mol. The second kappa shape index (κ2) is 7.50. The lowest BCUT2D eigenvalue weighted by molar-refractivity contribution is -0.00903. The topological polar surface area (TPSA) is 65.4 Å². The first-order valence-electron chi connectivity index (χ1n) is 9.07. The van der Waals surface area contributed by atoms with E-state index in [-0.39, 0.29) is 18.1 Å². The molecule has 1 aliphatic heterocycles. The SMILES string of the molecule is Cc1cccc(C)c1OCCNC(=O)c1nn(C)c2c1C[C@@H](C)O[C@H]2C. The van der Waals surface area contributed by atoms with Crippen LogP contribution in [0.5, 0.6) is 5.75 Å². The summed E-state index contributed by atoms with van der Waals surface area (Å²) in [5.41, 5.74) is 4.67. The molecule has 1 N–H and O–H groups in total. The van der Waals surface area contributed by atoms with Crippen molar-refractivity contribution < 1.29 is 14.3 Å². The molecule has 0 radical (unpaired) electrons. The zero-order valence-electron chi connectivity index (χ0n) is 16.1. The van der Waals surface area contributed by atoms with Gasteiger partial charge in [-0.2, -0.15) is 5.10 Å². The molecule has 0 fully saturated rings. The quantitative estimate of drug-likeness (QED) is 0.836. The number of benzene rings is 1. The summed E-state index contributed by atoms with van der Waals surface area (Å²) in [6.45, 7) is 8.90. The van der Waals surface area contributed by atoms with Crippen LogP contribution in [0.15, 0.2) is 18.2 Å². The minimum absolute atomic E-state index is 0.0554. The molecular weight excluding hydrogens is 330 g/mol.